The Morgan fingerprint density at radius 2 is 2.29 bits per heavy atom. The van der Waals surface area contributed by atoms with Gasteiger partial charge in [0, 0.05) is 13.1 Å². The van der Waals surface area contributed by atoms with Gasteiger partial charge in [0.2, 0.25) is 0 Å². The summed E-state index contributed by atoms with van der Waals surface area (Å²) in [6, 6.07) is 4.76. The normalized spacial score (nSPS) is 9.57. The number of phenolic OH excluding ortho intramolecular Hbond substituents is 1. The van der Waals surface area contributed by atoms with Crippen molar-refractivity contribution in [3.8, 4) is 11.5 Å². The molecule has 0 aliphatic carbocycles. The zero-order valence-corrected chi connectivity index (χ0v) is 8.23. The quantitative estimate of drug-likeness (QED) is 0.729. The number of carbonyl (C=O) groups is 1. The third-order valence-corrected chi connectivity index (χ3v) is 1.92. The number of hydrogen-bond donors (Lipinski definition) is 1. The van der Waals surface area contributed by atoms with Crippen molar-refractivity contribution in [2.24, 2.45) is 0 Å². The third-order valence-electron chi connectivity index (χ3n) is 1.92. The van der Waals surface area contributed by atoms with Crippen LogP contribution >= 0.6 is 0 Å². The summed E-state index contributed by atoms with van der Waals surface area (Å²) in [5.41, 5.74) is 0.694. The van der Waals surface area contributed by atoms with Gasteiger partial charge in [-0.05, 0) is 12.1 Å². The third kappa shape index (κ3) is 2.16. The number of hydrogen-bond acceptors (Lipinski definition) is 4. The molecule has 0 bridgehead atoms. The minimum absolute atomic E-state index is 0.151. The van der Waals surface area contributed by atoms with Crippen molar-refractivity contribution >= 4 is 12.0 Å². The Balaban J connectivity index is 3.02. The van der Waals surface area contributed by atoms with Crippen molar-refractivity contribution in [2.75, 3.05) is 25.6 Å². The lowest BCUT2D eigenvalue weighted by Crippen LogP contribution is -2.19. The van der Waals surface area contributed by atoms with E-state index < -0.39 is 0 Å². The standard InChI is InChI=1S/C10H13NO3/c1-11(5-6-12)9-7-8(13)3-4-10(9)14-2/h3-4,6-7,13H,5H2,1-2H3. The summed E-state index contributed by atoms with van der Waals surface area (Å²) in [5, 5.41) is 9.28. The molecule has 0 spiro atoms. The smallest absolute Gasteiger partial charge is 0.142 e. The first kappa shape index (κ1) is 10.4. The van der Waals surface area contributed by atoms with Gasteiger partial charge < -0.3 is 19.5 Å². The molecular formula is C10H13NO3. The fraction of sp³-hybridized carbons (Fsp3) is 0.300. The van der Waals surface area contributed by atoms with E-state index in [0.717, 1.165) is 6.29 Å². The highest BCUT2D eigenvalue weighted by molar-refractivity contribution is 5.66. The number of nitrogens with zero attached hydrogens (tertiary/aromatic N) is 1. The van der Waals surface area contributed by atoms with Crippen LogP contribution in [-0.4, -0.2) is 32.1 Å². The van der Waals surface area contributed by atoms with Gasteiger partial charge in [0.15, 0.2) is 0 Å². The van der Waals surface area contributed by atoms with Gasteiger partial charge in [-0.3, -0.25) is 0 Å². The van der Waals surface area contributed by atoms with E-state index in [2.05, 4.69) is 0 Å². The summed E-state index contributed by atoms with van der Waals surface area (Å²) in [5.74, 6) is 0.783. The van der Waals surface area contributed by atoms with Gasteiger partial charge in [-0.2, -0.15) is 0 Å². The van der Waals surface area contributed by atoms with Gasteiger partial charge >= 0.3 is 0 Å². The molecule has 0 aliphatic rings. The Kier molecular flexibility index (Phi) is 3.34. The molecule has 76 valence electrons. The van der Waals surface area contributed by atoms with Crippen LogP contribution in [0.3, 0.4) is 0 Å². The Bertz CT molecular complexity index is 325. The van der Waals surface area contributed by atoms with E-state index in [9.17, 15) is 9.90 Å². The fourth-order valence-electron chi connectivity index (χ4n) is 1.19. The van der Waals surface area contributed by atoms with Gasteiger partial charge in [-0.15, -0.1) is 0 Å². The van der Waals surface area contributed by atoms with Crippen LogP contribution in [0.1, 0.15) is 0 Å². The highest BCUT2D eigenvalue weighted by Gasteiger charge is 2.08. The van der Waals surface area contributed by atoms with E-state index in [4.69, 9.17) is 4.74 Å². The Labute approximate surface area is 82.7 Å². The maximum Gasteiger partial charge on any atom is 0.142 e. The second kappa shape index (κ2) is 4.50. The number of ether oxygens (including phenoxy) is 1. The number of aldehydes is 1. The summed E-state index contributed by atoms with van der Waals surface area (Å²) in [7, 11) is 3.30. The molecule has 1 N–H and O–H groups in total. The maximum absolute atomic E-state index is 10.3. The van der Waals surface area contributed by atoms with E-state index in [-0.39, 0.29) is 12.3 Å². The van der Waals surface area contributed by atoms with Crippen LogP contribution in [0, 0.1) is 0 Å². The zero-order valence-electron chi connectivity index (χ0n) is 8.23. The monoisotopic (exact) mass is 195 g/mol. The molecule has 14 heavy (non-hydrogen) atoms. The van der Waals surface area contributed by atoms with Crippen LogP contribution in [0.25, 0.3) is 0 Å². The average molecular weight is 195 g/mol. The molecule has 0 heterocycles. The van der Waals surface area contributed by atoms with Crippen molar-refractivity contribution < 1.29 is 14.6 Å². The van der Waals surface area contributed by atoms with Crippen molar-refractivity contribution in [2.45, 2.75) is 0 Å². The first-order chi connectivity index (χ1) is 6.69. The Morgan fingerprint density at radius 3 is 2.86 bits per heavy atom. The molecule has 0 saturated heterocycles. The fourth-order valence-corrected chi connectivity index (χ4v) is 1.19. The molecule has 0 aromatic heterocycles. The van der Waals surface area contributed by atoms with E-state index in [1.807, 2.05) is 0 Å². The summed E-state index contributed by atoms with van der Waals surface area (Å²) < 4.78 is 5.10. The van der Waals surface area contributed by atoms with E-state index in [1.54, 1.807) is 31.2 Å². The van der Waals surface area contributed by atoms with E-state index >= 15 is 0 Å². The summed E-state index contributed by atoms with van der Waals surface area (Å²) in [6.07, 6.45) is 0.795. The summed E-state index contributed by atoms with van der Waals surface area (Å²) in [6.45, 7) is 0.264. The van der Waals surface area contributed by atoms with Crippen molar-refractivity contribution in [3.63, 3.8) is 0 Å². The molecule has 1 rings (SSSR count). The molecule has 0 radical (unpaired) electrons. The lowest BCUT2D eigenvalue weighted by molar-refractivity contribution is -0.106. The predicted molar refractivity (Wildman–Crippen MR) is 54.0 cm³/mol. The number of likely N-dealkylation sites (N-methyl/N-ethyl adjacent to an activating group) is 1. The van der Waals surface area contributed by atoms with Crippen molar-refractivity contribution in [1.82, 2.24) is 0 Å². The lowest BCUT2D eigenvalue weighted by Gasteiger charge is -2.19. The largest absolute Gasteiger partial charge is 0.508 e. The number of benzene rings is 1. The highest BCUT2D eigenvalue weighted by atomic mass is 16.5. The predicted octanol–water partition coefficient (Wildman–Crippen LogP) is 1.04. The number of phenols is 1. The molecule has 4 nitrogen and oxygen atoms in total. The first-order valence-electron chi connectivity index (χ1n) is 4.21. The second-order valence-corrected chi connectivity index (χ2v) is 2.90. The molecule has 4 heteroatoms. The van der Waals surface area contributed by atoms with Crippen LogP contribution < -0.4 is 9.64 Å². The lowest BCUT2D eigenvalue weighted by atomic mass is 10.2. The average Bonchev–Trinajstić information content (AvgIpc) is 2.18. The summed E-state index contributed by atoms with van der Waals surface area (Å²) in [4.78, 5) is 12.0. The topological polar surface area (TPSA) is 49.8 Å². The van der Waals surface area contributed by atoms with Crippen LogP contribution in [0.5, 0.6) is 11.5 Å². The summed E-state index contributed by atoms with van der Waals surface area (Å²) >= 11 is 0. The van der Waals surface area contributed by atoms with Crippen LogP contribution in [0.15, 0.2) is 18.2 Å². The number of methoxy groups -OCH3 is 1. The highest BCUT2D eigenvalue weighted by Crippen LogP contribution is 2.30. The van der Waals surface area contributed by atoms with E-state index in [1.165, 1.54) is 6.07 Å². The number of carbonyl (C=O) groups excluding carboxylic acids is 1. The van der Waals surface area contributed by atoms with Gasteiger partial charge in [0.05, 0.1) is 19.3 Å². The minimum atomic E-state index is 0.151. The molecule has 0 fully saturated rings. The zero-order chi connectivity index (χ0) is 10.6. The van der Waals surface area contributed by atoms with Crippen LogP contribution in [0.2, 0.25) is 0 Å². The molecule has 1 aromatic carbocycles. The molecule has 0 aliphatic heterocycles. The van der Waals surface area contributed by atoms with Crippen molar-refractivity contribution in [3.05, 3.63) is 18.2 Å². The molecular weight excluding hydrogens is 182 g/mol. The molecule has 0 amide bonds. The SMILES string of the molecule is COc1ccc(O)cc1N(C)CC=O. The van der Waals surface area contributed by atoms with Gasteiger partial charge in [-0.1, -0.05) is 0 Å². The van der Waals surface area contributed by atoms with Gasteiger partial charge in [0.25, 0.3) is 0 Å². The molecule has 0 atom stereocenters. The number of anilines is 1. The Morgan fingerprint density at radius 1 is 1.57 bits per heavy atom. The number of aromatic hydroxyl groups is 1. The first-order valence-corrected chi connectivity index (χ1v) is 4.21. The van der Waals surface area contributed by atoms with Gasteiger partial charge in [-0.25, -0.2) is 0 Å². The second-order valence-electron chi connectivity index (χ2n) is 2.90. The van der Waals surface area contributed by atoms with Crippen LogP contribution in [0.4, 0.5) is 5.69 Å². The van der Waals surface area contributed by atoms with Gasteiger partial charge in [0.1, 0.15) is 17.8 Å². The number of rotatable bonds is 4. The molecule has 0 unspecified atom stereocenters. The molecule has 1 aromatic rings. The Hall–Kier alpha value is -1.71. The molecule has 0 saturated carbocycles. The van der Waals surface area contributed by atoms with Crippen molar-refractivity contribution in [1.29, 1.82) is 0 Å². The van der Waals surface area contributed by atoms with Crippen LogP contribution in [-0.2, 0) is 4.79 Å². The maximum atomic E-state index is 10.3. The van der Waals surface area contributed by atoms with E-state index in [0.29, 0.717) is 11.4 Å². The minimum Gasteiger partial charge on any atom is -0.508 e.